The zero-order valence-electron chi connectivity index (χ0n) is 13.2. The first-order valence-corrected chi connectivity index (χ1v) is 8.10. The second-order valence-electron chi connectivity index (χ2n) is 6.12. The number of nitrogens with zero attached hydrogens (tertiary/aromatic N) is 2. The minimum atomic E-state index is 0.0572. The topological polar surface area (TPSA) is 52.2 Å². The molecule has 120 valence electrons. The fourth-order valence-electron chi connectivity index (χ4n) is 3.26. The summed E-state index contributed by atoms with van der Waals surface area (Å²) >= 11 is 0. The van der Waals surface area contributed by atoms with Gasteiger partial charge in [0.25, 0.3) is 0 Å². The largest absolute Gasteiger partial charge is 0.460 e. The first-order chi connectivity index (χ1) is 11.3. The fraction of sp³-hybridized carbons (Fsp3) is 0.389. The van der Waals surface area contributed by atoms with E-state index >= 15 is 0 Å². The van der Waals surface area contributed by atoms with Gasteiger partial charge in [0, 0.05) is 36.8 Å². The van der Waals surface area contributed by atoms with Crippen LogP contribution in [0, 0.1) is 0 Å². The van der Waals surface area contributed by atoms with Crippen molar-refractivity contribution in [2.75, 3.05) is 6.61 Å². The number of benzene rings is 1. The Bertz CT molecular complexity index is 759. The Hall–Kier alpha value is -2.11. The predicted octanol–water partition coefficient (Wildman–Crippen LogP) is 3.18. The van der Waals surface area contributed by atoms with E-state index in [2.05, 4.69) is 22.5 Å². The standard InChI is InChI=1S/C18H21N3O2/c1-21-12-14(10-20-21)18-16(6-4-8-22-18)19-11-15-9-13-5-2-3-7-17(13)23-15/h2-3,5,7,9-10,12,16,18-19H,4,6,8,11H2,1H3/t16-,18+/m0/s1. The molecule has 0 saturated carbocycles. The number of para-hydroxylation sites is 1. The molecule has 2 atom stereocenters. The van der Waals surface area contributed by atoms with E-state index in [-0.39, 0.29) is 12.1 Å². The van der Waals surface area contributed by atoms with Gasteiger partial charge in [0.1, 0.15) is 17.4 Å². The summed E-state index contributed by atoms with van der Waals surface area (Å²) in [5, 5.41) is 9.01. The van der Waals surface area contributed by atoms with Crippen molar-refractivity contribution < 1.29 is 9.15 Å². The molecule has 1 aromatic carbocycles. The number of hydrogen-bond donors (Lipinski definition) is 1. The van der Waals surface area contributed by atoms with Crippen molar-refractivity contribution in [2.45, 2.75) is 31.5 Å². The van der Waals surface area contributed by atoms with Crippen molar-refractivity contribution in [1.82, 2.24) is 15.1 Å². The molecule has 23 heavy (non-hydrogen) atoms. The molecule has 0 aliphatic carbocycles. The number of hydrogen-bond acceptors (Lipinski definition) is 4. The molecule has 5 nitrogen and oxygen atoms in total. The average molecular weight is 311 g/mol. The Labute approximate surface area is 135 Å². The second-order valence-corrected chi connectivity index (χ2v) is 6.12. The quantitative estimate of drug-likeness (QED) is 0.804. The molecule has 1 fully saturated rings. The maximum absolute atomic E-state index is 5.99. The molecule has 3 heterocycles. The zero-order valence-corrected chi connectivity index (χ0v) is 13.2. The third-order valence-electron chi connectivity index (χ3n) is 4.39. The molecule has 0 bridgehead atoms. The van der Waals surface area contributed by atoms with E-state index in [0.717, 1.165) is 41.7 Å². The van der Waals surface area contributed by atoms with Gasteiger partial charge in [0.15, 0.2) is 0 Å². The molecule has 4 rings (SSSR count). The summed E-state index contributed by atoms with van der Waals surface area (Å²) in [6.45, 7) is 1.52. The van der Waals surface area contributed by atoms with Crippen LogP contribution in [0.1, 0.15) is 30.3 Å². The van der Waals surface area contributed by atoms with Gasteiger partial charge in [0.2, 0.25) is 0 Å². The molecule has 5 heteroatoms. The molecule has 2 aromatic heterocycles. The number of aryl methyl sites for hydroxylation is 1. The lowest BCUT2D eigenvalue weighted by Gasteiger charge is -2.31. The van der Waals surface area contributed by atoms with Crippen molar-refractivity contribution in [3.63, 3.8) is 0 Å². The first kappa shape index (κ1) is 14.5. The van der Waals surface area contributed by atoms with Gasteiger partial charge < -0.3 is 14.5 Å². The Morgan fingerprint density at radius 3 is 3.09 bits per heavy atom. The summed E-state index contributed by atoms with van der Waals surface area (Å²) in [6, 6.07) is 10.5. The highest BCUT2D eigenvalue weighted by Crippen LogP contribution is 2.28. The molecular formula is C18H21N3O2. The van der Waals surface area contributed by atoms with Crippen LogP contribution in [0.4, 0.5) is 0 Å². The van der Waals surface area contributed by atoms with Crippen LogP contribution in [0.25, 0.3) is 11.0 Å². The molecule has 1 N–H and O–H groups in total. The van der Waals surface area contributed by atoms with Crippen LogP contribution < -0.4 is 5.32 Å². The summed E-state index contributed by atoms with van der Waals surface area (Å²) in [4.78, 5) is 0. The van der Waals surface area contributed by atoms with Crippen LogP contribution in [0.3, 0.4) is 0 Å². The number of fused-ring (bicyclic) bond motifs is 1. The molecule has 0 radical (unpaired) electrons. The minimum Gasteiger partial charge on any atom is -0.460 e. The minimum absolute atomic E-state index is 0.0572. The lowest BCUT2D eigenvalue weighted by molar-refractivity contribution is -0.0116. The van der Waals surface area contributed by atoms with Crippen LogP contribution in [-0.2, 0) is 18.3 Å². The number of furan rings is 1. The van der Waals surface area contributed by atoms with Crippen molar-refractivity contribution >= 4 is 11.0 Å². The van der Waals surface area contributed by atoms with E-state index in [1.54, 1.807) is 0 Å². The van der Waals surface area contributed by atoms with E-state index in [9.17, 15) is 0 Å². The van der Waals surface area contributed by atoms with Crippen molar-refractivity contribution in [2.24, 2.45) is 7.05 Å². The molecule has 0 spiro atoms. The van der Waals surface area contributed by atoms with Crippen LogP contribution in [0.2, 0.25) is 0 Å². The SMILES string of the molecule is Cn1cc([C@H]2OCCC[C@@H]2NCc2cc3ccccc3o2)cn1. The van der Waals surface area contributed by atoms with E-state index in [4.69, 9.17) is 9.15 Å². The van der Waals surface area contributed by atoms with Crippen molar-refractivity contribution in [1.29, 1.82) is 0 Å². The lowest BCUT2D eigenvalue weighted by Crippen LogP contribution is -2.38. The number of ether oxygens (including phenoxy) is 1. The van der Waals surface area contributed by atoms with Gasteiger partial charge >= 0.3 is 0 Å². The fourth-order valence-corrected chi connectivity index (χ4v) is 3.26. The highest BCUT2D eigenvalue weighted by Gasteiger charge is 2.28. The maximum atomic E-state index is 5.99. The molecule has 1 saturated heterocycles. The van der Waals surface area contributed by atoms with Crippen LogP contribution >= 0.6 is 0 Å². The van der Waals surface area contributed by atoms with Gasteiger partial charge in [-0.2, -0.15) is 5.10 Å². The van der Waals surface area contributed by atoms with Gasteiger partial charge in [-0.25, -0.2) is 0 Å². The summed E-state index contributed by atoms with van der Waals surface area (Å²) in [7, 11) is 1.93. The molecule has 1 aliphatic heterocycles. The van der Waals surface area contributed by atoms with E-state index < -0.39 is 0 Å². The van der Waals surface area contributed by atoms with E-state index in [0.29, 0.717) is 6.54 Å². The lowest BCUT2D eigenvalue weighted by atomic mass is 9.98. The highest BCUT2D eigenvalue weighted by molar-refractivity contribution is 5.77. The normalized spacial score (nSPS) is 21.8. The Morgan fingerprint density at radius 2 is 2.26 bits per heavy atom. The van der Waals surface area contributed by atoms with Crippen LogP contribution in [0.15, 0.2) is 47.1 Å². The highest BCUT2D eigenvalue weighted by atomic mass is 16.5. The summed E-state index contributed by atoms with van der Waals surface area (Å²) < 4.78 is 13.7. The summed E-state index contributed by atoms with van der Waals surface area (Å²) in [6.07, 6.45) is 6.16. The Balaban J connectivity index is 1.47. The number of aromatic nitrogens is 2. The van der Waals surface area contributed by atoms with Gasteiger partial charge in [-0.3, -0.25) is 4.68 Å². The monoisotopic (exact) mass is 311 g/mol. The number of rotatable bonds is 4. The van der Waals surface area contributed by atoms with Crippen molar-refractivity contribution in [3.05, 3.63) is 54.0 Å². The third kappa shape index (κ3) is 3.02. The van der Waals surface area contributed by atoms with Gasteiger partial charge in [-0.1, -0.05) is 18.2 Å². The zero-order chi connectivity index (χ0) is 15.6. The second kappa shape index (κ2) is 6.18. The van der Waals surface area contributed by atoms with Crippen LogP contribution in [-0.4, -0.2) is 22.4 Å². The van der Waals surface area contributed by atoms with Gasteiger partial charge in [0.05, 0.1) is 12.7 Å². The van der Waals surface area contributed by atoms with Crippen molar-refractivity contribution in [3.8, 4) is 0 Å². The first-order valence-electron chi connectivity index (χ1n) is 8.10. The Morgan fingerprint density at radius 1 is 1.35 bits per heavy atom. The predicted molar refractivity (Wildman–Crippen MR) is 88.0 cm³/mol. The van der Waals surface area contributed by atoms with Crippen LogP contribution in [0.5, 0.6) is 0 Å². The Kier molecular flexibility index (Phi) is 3.89. The summed E-state index contributed by atoms with van der Waals surface area (Å²) in [5.74, 6) is 0.960. The molecule has 0 unspecified atom stereocenters. The third-order valence-corrected chi connectivity index (χ3v) is 4.39. The molecular weight excluding hydrogens is 290 g/mol. The molecule has 0 amide bonds. The number of nitrogens with one attached hydrogen (secondary N) is 1. The smallest absolute Gasteiger partial charge is 0.134 e. The molecule has 3 aromatic rings. The average Bonchev–Trinajstić information content (AvgIpc) is 3.19. The van der Waals surface area contributed by atoms with E-state index in [1.165, 1.54) is 0 Å². The van der Waals surface area contributed by atoms with Gasteiger partial charge in [-0.15, -0.1) is 0 Å². The van der Waals surface area contributed by atoms with Gasteiger partial charge in [-0.05, 0) is 25.0 Å². The molecule has 1 aliphatic rings. The van der Waals surface area contributed by atoms with E-state index in [1.807, 2.05) is 42.3 Å². The summed E-state index contributed by atoms with van der Waals surface area (Å²) in [5.41, 5.74) is 2.07. The maximum Gasteiger partial charge on any atom is 0.134 e.